The second-order valence-electron chi connectivity index (χ2n) is 5.30. The molecule has 108 valence electrons. The lowest BCUT2D eigenvalue weighted by atomic mass is 9.78. The molecule has 2 aromatic rings. The maximum absolute atomic E-state index is 5.37. The molecule has 0 bridgehead atoms. The molecule has 0 aliphatic carbocycles. The maximum Gasteiger partial charge on any atom is 0.119 e. The smallest absolute Gasteiger partial charge is 0.119 e. The van der Waals surface area contributed by atoms with Crippen molar-refractivity contribution in [1.29, 1.82) is 0 Å². The first-order valence-corrected chi connectivity index (χ1v) is 6.94. The number of rotatable bonds is 6. The Balaban J connectivity index is 2.23. The van der Waals surface area contributed by atoms with E-state index in [0.717, 1.165) is 11.5 Å². The van der Waals surface area contributed by atoms with Crippen molar-refractivity contribution >= 4 is 0 Å². The van der Waals surface area contributed by atoms with Gasteiger partial charge in [0.15, 0.2) is 0 Å². The first-order valence-electron chi connectivity index (χ1n) is 6.94. The lowest BCUT2D eigenvalue weighted by Crippen LogP contribution is -2.18. The first kappa shape index (κ1) is 15.4. The zero-order valence-corrected chi connectivity index (χ0v) is 12.5. The average Bonchev–Trinajstić information content (AvgIpc) is 2.49. The minimum atomic E-state index is -0.109. The molecule has 0 saturated carbocycles. The van der Waals surface area contributed by atoms with Gasteiger partial charge in [-0.1, -0.05) is 38.1 Å². The van der Waals surface area contributed by atoms with E-state index in [0.29, 0.717) is 0 Å². The van der Waals surface area contributed by atoms with Crippen LogP contribution in [0.15, 0.2) is 48.5 Å². The number of hydrogen-bond acceptors (Lipinski definition) is 2. The van der Waals surface area contributed by atoms with Crippen molar-refractivity contribution in [3.63, 3.8) is 0 Å². The monoisotopic (exact) mass is 280 g/mol. The normalized spacial score (nSPS) is 11.2. The summed E-state index contributed by atoms with van der Waals surface area (Å²) < 4.78 is 10.5. The molecular formula is C19H20O2. The predicted molar refractivity (Wildman–Crippen MR) is 84.6 cm³/mol. The molecule has 21 heavy (non-hydrogen) atoms. The van der Waals surface area contributed by atoms with E-state index < -0.39 is 0 Å². The van der Waals surface area contributed by atoms with Gasteiger partial charge in [0.1, 0.15) is 11.5 Å². The lowest BCUT2D eigenvalue weighted by Gasteiger charge is -2.26. The Morgan fingerprint density at radius 1 is 0.714 bits per heavy atom. The van der Waals surface area contributed by atoms with E-state index >= 15 is 0 Å². The summed E-state index contributed by atoms with van der Waals surface area (Å²) in [5.74, 6) is 1.56. The van der Waals surface area contributed by atoms with Crippen LogP contribution in [0.2, 0.25) is 0 Å². The van der Waals surface area contributed by atoms with Crippen LogP contribution in [0.4, 0.5) is 0 Å². The van der Waals surface area contributed by atoms with Gasteiger partial charge >= 0.3 is 0 Å². The highest BCUT2D eigenvalue weighted by Crippen LogP contribution is 2.33. The fourth-order valence-corrected chi connectivity index (χ4v) is 2.29. The average molecular weight is 280 g/mol. The molecule has 4 radical (unpaired) electrons. The molecule has 0 amide bonds. The van der Waals surface area contributed by atoms with Crippen LogP contribution in [0.25, 0.3) is 0 Å². The zero-order chi connectivity index (χ0) is 15.3. The van der Waals surface area contributed by atoms with E-state index in [1.807, 2.05) is 24.3 Å². The van der Waals surface area contributed by atoms with Gasteiger partial charge in [-0.25, -0.2) is 0 Å². The highest BCUT2D eigenvalue weighted by Gasteiger charge is 2.23. The van der Waals surface area contributed by atoms with E-state index in [9.17, 15) is 0 Å². The van der Waals surface area contributed by atoms with E-state index in [4.69, 9.17) is 23.3 Å². The highest BCUT2D eigenvalue weighted by atomic mass is 16.5. The lowest BCUT2D eigenvalue weighted by molar-refractivity contribution is 0.360. The van der Waals surface area contributed by atoms with Gasteiger partial charge in [-0.2, -0.15) is 0 Å². The Morgan fingerprint density at radius 3 is 1.33 bits per heavy atom. The summed E-state index contributed by atoms with van der Waals surface area (Å²) in [5, 5.41) is 0. The number of ether oxygens (including phenoxy) is 2. The van der Waals surface area contributed by atoms with Crippen molar-refractivity contribution in [3.05, 3.63) is 73.5 Å². The molecule has 0 N–H and O–H groups in total. The summed E-state index contributed by atoms with van der Waals surface area (Å²) in [5.41, 5.74) is 2.31. The van der Waals surface area contributed by atoms with Crippen LogP contribution in [-0.2, 0) is 5.41 Å². The van der Waals surface area contributed by atoms with E-state index in [2.05, 4.69) is 38.1 Å². The minimum absolute atomic E-state index is 0.109. The Bertz CT molecular complexity index is 502. The summed E-state index contributed by atoms with van der Waals surface area (Å²) in [6, 6.07) is 16.0. The first-order chi connectivity index (χ1) is 10.1. The van der Waals surface area contributed by atoms with Crippen molar-refractivity contribution in [2.75, 3.05) is 13.2 Å². The molecular weight excluding hydrogens is 260 g/mol. The molecule has 2 nitrogen and oxygen atoms in total. The van der Waals surface area contributed by atoms with Crippen molar-refractivity contribution < 1.29 is 9.47 Å². The van der Waals surface area contributed by atoms with Crippen molar-refractivity contribution in [2.45, 2.75) is 19.3 Å². The molecule has 0 aliphatic heterocycles. The molecule has 0 aromatic heterocycles. The molecule has 2 aromatic carbocycles. The Morgan fingerprint density at radius 2 is 1.05 bits per heavy atom. The Labute approximate surface area is 127 Å². The fraction of sp³-hybridized carbons (Fsp3) is 0.263. The topological polar surface area (TPSA) is 18.5 Å². The predicted octanol–water partition coefficient (Wildman–Crippen LogP) is 4.19. The standard InChI is InChI=1S/C19H20O2/c1-5-20-17-11-7-15(8-12-17)19(3,4)16-9-13-18(14-10-16)21-6-2/h1-2,7-14H,5-6H2,3-4H3. The fourth-order valence-electron chi connectivity index (χ4n) is 2.29. The van der Waals surface area contributed by atoms with Gasteiger partial charge in [0.25, 0.3) is 0 Å². The SMILES string of the molecule is [CH]COc1ccc(C(C)(C)c2ccc(OC[CH])cc2)cc1. The summed E-state index contributed by atoms with van der Waals surface area (Å²) in [4.78, 5) is 0. The second-order valence-corrected chi connectivity index (χ2v) is 5.30. The molecule has 0 fully saturated rings. The van der Waals surface area contributed by atoms with Gasteiger partial charge in [0.05, 0.1) is 13.2 Å². The largest absolute Gasteiger partial charge is 0.493 e. The van der Waals surface area contributed by atoms with E-state index in [1.165, 1.54) is 11.1 Å². The maximum atomic E-state index is 5.37. The quantitative estimate of drug-likeness (QED) is 0.790. The van der Waals surface area contributed by atoms with Crippen molar-refractivity contribution in [3.8, 4) is 11.5 Å². The second kappa shape index (κ2) is 6.66. The number of hydrogen-bond donors (Lipinski definition) is 0. The van der Waals surface area contributed by atoms with E-state index in [1.54, 1.807) is 0 Å². The highest BCUT2D eigenvalue weighted by molar-refractivity contribution is 5.41. The van der Waals surface area contributed by atoms with Crippen LogP contribution in [0.1, 0.15) is 25.0 Å². The van der Waals surface area contributed by atoms with Crippen LogP contribution in [0.5, 0.6) is 11.5 Å². The van der Waals surface area contributed by atoms with Crippen molar-refractivity contribution in [1.82, 2.24) is 0 Å². The Kier molecular flexibility index (Phi) is 4.89. The third-order valence-electron chi connectivity index (χ3n) is 3.65. The van der Waals surface area contributed by atoms with Crippen LogP contribution in [0.3, 0.4) is 0 Å². The van der Waals surface area contributed by atoms with Gasteiger partial charge < -0.3 is 9.47 Å². The molecule has 0 saturated heterocycles. The third kappa shape index (κ3) is 3.57. The molecule has 0 spiro atoms. The molecule has 0 aliphatic rings. The molecule has 0 unspecified atom stereocenters. The van der Waals surface area contributed by atoms with Crippen LogP contribution in [0, 0.1) is 13.8 Å². The van der Waals surface area contributed by atoms with Crippen molar-refractivity contribution in [2.24, 2.45) is 0 Å². The number of benzene rings is 2. The van der Waals surface area contributed by atoms with E-state index in [-0.39, 0.29) is 18.6 Å². The Hall–Kier alpha value is -1.96. The van der Waals surface area contributed by atoms with Gasteiger partial charge in [0.2, 0.25) is 0 Å². The summed E-state index contributed by atoms with van der Waals surface area (Å²) in [7, 11) is 0. The third-order valence-corrected chi connectivity index (χ3v) is 3.65. The van der Waals surface area contributed by atoms with Crippen LogP contribution < -0.4 is 9.47 Å². The molecule has 0 atom stereocenters. The summed E-state index contributed by atoms with van der Waals surface area (Å²) in [6.07, 6.45) is 0. The molecule has 0 heterocycles. The van der Waals surface area contributed by atoms with Gasteiger partial charge in [-0.05, 0) is 35.4 Å². The minimum Gasteiger partial charge on any atom is -0.493 e. The summed E-state index contributed by atoms with van der Waals surface area (Å²) >= 11 is 0. The van der Waals surface area contributed by atoms with Crippen LogP contribution >= 0.6 is 0 Å². The van der Waals surface area contributed by atoms with Gasteiger partial charge in [-0.3, -0.25) is 0 Å². The van der Waals surface area contributed by atoms with Crippen LogP contribution in [-0.4, -0.2) is 13.2 Å². The molecule has 2 heteroatoms. The molecule has 2 rings (SSSR count). The summed E-state index contributed by atoms with van der Waals surface area (Å²) in [6.45, 7) is 15.5. The van der Waals surface area contributed by atoms with Gasteiger partial charge in [0, 0.05) is 19.3 Å². The van der Waals surface area contributed by atoms with Gasteiger partial charge in [-0.15, -0.1) is 0 Å². The zero-order valence-electron chi connectivity index (χ0n) is 12.5.